The van der Waals surface area contributed by atoms with Crippen molar-refractivity contribution >= 4 is 58.6 Å². The van der Waals surface area contributed by atoms with E-state index in [9.17, 15) is 22.8 Å². The molecule has 10 heteroatoms. The van der Waals surface area contributed by atoms with Crippen molar-refractivity contribution in [2.75, 3.05) is 0 Å². The van der Waals surface area contributed by atoms with E-state index in [1.54, 1.807) is 36.4 Å². The summed E-state index contributed by atoms with van der Waals surface area (Å²) in [5, 5.41) is 0. The number of nitrogens with one attached hydrogen (secondary N) is 2. The van der Waals surface area contributed by atoms with Gasteiger partial charge in [-0.25, -0.2) is 9.97 Å². The number of halogens is 3. The van der Waals surface area contributed by atoms with Crippen LogP contribution in [0.5, 0.6) is 0 Å². The van der Waals surface area contributed by atoms with Gasteiger partial charge in [-0.05, 0) is 60.7 Å². The highest BCUT2D eigenvalue weighted by Crippen LogP contribution is 2.38. The molecule has 0 aromatic carbocycles. The van der Waals surface area contributed by atoms with Gasteiger partial charge in [0, 0.05) is 34.6 Å². The molecule has 0 saturated heterocycles. The Morgan fingerprint density at radius 3 is 2.14 bits per heavy atom. The summed E-state index contributed by atoms with van der Waals surface area (Å²) in [6, 6.07) is 7.08. The lowest BCUT2D eigenvalue weighted by Gasteiger charge is -2.19. The van der Waals surface area contributed by atoms with E-state index >= 15 is 0 Å². The molecule has 2 aliphatic rings. The fourth-order valence-electron chi connectivity index (χ4n) is 3.82. The summed E-state index contributed by atoms with van der Waals surface area (Å²) in [6.07, 6.45) is -0.134. The van der Waals surface area contributed by atoms with Gasteiger partial charge in [-0.2, -0.15) is 13.2 Å². The number of aromatic amines is 2. The first-order valence-corrected chi connectivity index (χ1v) is 10.4. The molecule has 2 N–H and O–H groups in total. The van der Waals surface area contributed by atoms with Gasteiger partial charge in [-0.15, -0.1) is 0 Å². The Labute approximate surface area is 197 Å². The quantitative estimate of drug-likeness (QED) is 0.258. The van der Waals surface area contributed by atoms with E-state index in [2.05, 4.69) is 24.7 Å². The highest BCUT2D eigenvalue weighted by Gasteiger charge is 2.44. The number of ether oxygens (including phenoxy) is 1. The topological polar surface area (TPSA) is 101 Å². The Balaban J connectivity index is 1.90. The fourth-order valence-corrected chi connectivity index (χ4v) is 3.82. The van der Waals surface area contributed by atoms with Crippen LogP contribution in [0, 0.1) is 0 Å². The summed E-state index contributed by atoms with van der Waals surface area (Å²) < 4.78 is 55.0. The van der Waals surface area contributed by atoms with E-state index in [-0.39, 0.29) is 16.6 Å². The summed E-state index contributed by atoms with van der Waals surface area (Å²) >= 11 is 0. The van der Waals surface area contributed by atoms with Gasteiger partial charge in [0.25, 0.3) is 0 Å². The molecule has 0 fully saturated rings. The maximum Gasteiger partial charge on any atom is 0.429 e. The molecule has 1 atom stereocenters. The molecule has 0 amide bonds. The lowest BCUT2D eigenvalue weighted by atomic mass is 10.1. The number of rotatable bonds is 3. The number of alkyl halides is 3. The zero-order valence-electron chi connectivity index (χ0n) is 19.1. The minimum Gasteiger partial charge on any atom is -0.448 e. The third-order valence-corrected chi connectivity index (χ3v) is 5.25. The molecule has 5 rings (SSSR count). The number of carbonyl (C=O) groups is 2. The SMILES string of the molecule is [2H]c1c(C(OC(C)=O)C(F)(F)F)c2cc3cc(C=O)c(cc4nc(cc5nc(cc1[nH]2)C=C5)C=C4)[nH]3. The molecule has 1 unspecified atom stereocenters. The van der Waals surface area contributed by atoms with Gasteiger partial charge in [0.05, 0.1) is 29.7 Å². The first kappa shape index (κ1) is 21.1. The van der Waals surface area contributed by atoms with Crippen LogP contribution < -0.4 is 0 Å². The smallest absolute Gasteiger partial charge is 0.429 e. The maximum atomic E-state index is 14.0. The van der Waals surface area contributed by atoms with Crippen LogP contribution in [0.4, 0.5) is 13.2 Å². The molecule has 7 nitrogen and oxygen atoms in total. The van der Waals surface area contributed by atoms with Gasteiger partial charge < -0.3 is 14.7 Å². The second kappa shape index (κ2) is 8.39. The van der Waals surface area contributed by atoms with Crippen molar-refractivity contribution in [3.63, 3.8) is 0 Å². The molecule has 0 saturated carbocycles. The lowest BCUT2D eigenvalue weighted by molar-refractivity contribution is -0.222. The number of hydrogen-bond donors (Lipinski definition) is 2. The first-order chi connectivity index (χ1) is 17.1. The number of aldehydes is 1. The zero-order chi connectivity index (χ0) is 25.6. The fraction of sp³-hybridized carbons (Fsp3) is 0.120. The predicted octanol–water partition coefficient (Wildman–Crippen LogP) is 5.63. The van der Waals surface area contributed by atoms with Crippen molar-refractivity contribution < 1.29 is 28.9 Å². The van der Waals surface area contributed by atoms with Crippen molar-refractivity contribution in [2.45, 2.75) is 19.2 Å². The molecule has 0 aliphatic carbocycles. The zero-order valence-corrected chi connectivity index (χ0v) is 18.1. The number of esters is 1. The number of fused-ring (bicyclic) bond motifs is 8. The first-order valence-electron chi connectivity index (χ1n) is 10.9. The van der Waals surface area contributed by atoms with Gasteiger partial charge in [0.15, 0.2) is 6.29 Å². The number of hydrogen-bond acceptors (Lipinski definition) is 5. The Morgan fingerprint density at radius 2 is 1.54 bits per heavy atom. The van der Waals surface area contributed by atoms with Crippen molar-refractivity contribution in [3.8, 4) is 0 Å². The largest absolute Gasteiger partial charge is 0.448 e. The molecule has 2 aliphatic heterocycles. The van der Waals surface area contributed by atoms with Crippen LogP contribution in [0.1, 0.15) is 53.1 Å². The van der Waals surface area contributed by atoms with Gasteiger partial charge in [-0.3, -0.25) is 9.59 Å². The van der Waals surface area contributed by atoms with Crippen LogP contribution in [-0.4, -0.2) is 38.4 Å². The summed E-state index contributed by atoms with van der Waals surface area (Å²) in [4.78, 5) is 37.9. The van der Waals surface area contributed by atoms with E-state index in [0.29, 0.717) is 40.1 Å². The monoisotopic (exact) mass is 479 g/mol. The minimum absolute atomic E-state index is 0.0390. The third-order valence-electron chi connectivity index (χ3n) is 5.25. The minimum atomic E-state index is -4.98. The number of nitrogens with zero attached hydrogens (tertiary/aromatic N) is 2. The number of aromatic nitrogens is 4. The number of H-pyrrole nitrogens is 2. The Morgan fingerprint density at radius 1 is 0.943 bits per heavy atom. The second-order valence-corrected chi connectivity index (χ2v) is 7.90. The molecular weight excluding hydrogens is 461 g/mol. The van der Waals surface area contributed by atoms with Gasteiger partial charge in [0.1, 0.15) is 0 Å². The lowest BCUT2D eigenvalue weighted by Crippen LogP contribution is -2.25. The Bertz CT molecular complexity index is 1630. The van der Waals surface area contributed by atoms with E-state index in [0.717, 1.165) is 6.92 Å². The van der Waals surface area contributed by atoms with Gasteiger partial charge in [-0.1, -0.05) is 0 Å². The van der Waals surface area contributed by atoms with Crippen molar-refractivity contribution in [1.29, 1.82) is 0 Å². The summed E-state index contributed by atoms with van der Waals surface area (Å²) in [6.45, 7) is 0.866. The summed E-state index contributed by atoms with van der Waals surface area (Å²) in [5.41, 5.74) is 2.47. The molecule has 176 valence electrons. The predicted molar refractivity (Wildman–Crippen MR) is 125 cm³/mol. The summed E-state index contributed by atoms with van der Waals surface area (Å²) in [5.74, 6) is -1.15. The van der Waals surface area contributed by atoms with Crippen molar-refractivity contribution in [2.24, 2.45) is 0 Å². The van der Waals surface area contributed by atoms with Crippen LogP contribution in [0.25, 0.3) is 46.4 Å². The average Bonchev–Trinajstić information content (AvgIpc) is 3.56. The van der Waals surface area contributed by atoms with Crippen LogP contribution in [0.2, 0.25) is 0 Å². The average molecular weight is 479 g/mol. The molecule has 35 heavy (non-hydrogen) atoms. The van der Waals surface area contributed by atoms with Gasteiger partial charge in [0.2, 0.25) is 6.10 Å². The standard InChI is InChI=1S/C25H17F3N4O3/c1-13(34)35-24(25(26,27)28)21-9-20-8-17-3-2-15(29-17)7-16-4-5-18(30-16)10-22-14(12-33)6-19(31-22)11-23(21)32-20/h2-12,24,31-32H,1H3/i9D. The Kier molecular flexibility index (Phi) is 5.05. The molecule has 3 aromatic rings. The molecule has 0 spiro atoms. The van der Waals surface area contributed by atoms with Crippen LogP contribution in [0.3, 0.4) is 0 Å². The molecule has 5 heterocycles. The highest BCUT2D eigenvalue weighted by atomic mass is 19.4. The van der Waals surface area contributed by atoms with E-state index in [1.807, 2.05) is 0 Å². The highest BCUT2D eigenvalue weighted by molar-refractivity contribution is 5.91. The molecular formula is C25H17F3N4O3. The third kappa shape index (κ3) is 4.63. The van der Waals surface area contributed by atoms with Crippen molar-refractivity contribution in [3.05, 3.63) is 70.3 Å². The molecule has 8 bridgehead atoms. The number of carbonyl (C=O) groups excluding carboxylic acids is 2. The van der Waals surface area contributed by atoms with E-state index < -0.39 is 29.9 Å². The van der Waals surface area contributed by atoms with Crippen LogP contribution in [0.15, 0.2) is 36.4 Å². The maximum absolute atomic E-state index is 14.0. The summed E-state index contributed by atoms with van der Waals surface area (Å²) in [7, 11) is 0. The van der Waals surface area contributed by atoms with Crippen LogP contribution in [-0.2, 0) is 9.53 Å². The second-order valence-electron chi connectivity index (χ2n) is 7.90. The molecule has 0 radical (unpaired) electrons. The van der Waals surface area contributed by atoms with Gasteiger partial charge >= 0.3 is 12.1 Å². The van der Waals surface area contributed by atoms with E-state index in [4.69, 9.17) is 1.37 Å². The van der Waals surface area contributed by atoms with E-state index in [1.165, 1.54) is 18.2 Å². The normalized spacial score (nSPS) is 14.0. The Hall–Kier alpha value is -4.47. The van der Waals surface area contributed by atoms with Crippen LogP contribution >= 0.6 is 0 Å². The van der Waals surface area contributed by atoms with Crippen molar-refractivity contribution in [1.82, 2.24) is 19.9 Å². The molecule has 3 aromatic heterocycles.